The molecule has 2 N–H and O–H groups in total. The molecule has 0 saturated heterocycles. The first-order chi connectivity index (χ1) is 15.3. The van der Waals surface area contributed by atoms with Crippen molar-refractivity contribution in [2.75, 3.05) is 13.1 Å². The summed E-state index contributed by atoms with van der Waals surface area (Å²) in [4.78, 5) is 10.3. The summed E-state index contributed by atoms with van der Waals surface area (Å²) < 4.78 is 40.3. The third kappa shape index (κ3) is 4.88. The second kappa shape index (κ2) is 9.33. The van der Waals surface area contributed by atoms with E-state index >= 15 is 0 Å². The average Bonchev–Trinajstić information content (AvgIpc) is 3.63. The lowest BCUT2D eigenvalue weighted by molar-refractivity contribution is -0.145. The Morgan fingerprint density at radius 3 is 2.45 bits per heavy atom. The molecule has 0 spiro atoms. The quantitative estimate of drug-likeness (QED) is 0.589. The van der Waals surface area contributed by atoms with Crippen LogP contribution in [0.4, 0.5) is 13.2 Å². The molecular weight excluding hydrogens is 472 g/mol. The molecule has 1 aliphatic heterocycles. The van der Waals surface area contributed by atoms with Crippen LogP contribution in [-0.2, 0) is 24.6 Å². The van der Waals surface area contributed by atoms with Crippen molar-refractivity contribution >= 4 is 24.0 Å². The largest absolute Gasteiger partial charge is 0.451 e. The van der Waals surface area contributed by atoms with Crippen molar-refractivity contribution in [3.8, 4) is 0 Å². The van der Waals surface area contributed by atoms with E-state index in [-0.39, 0.29) is 23.7 Å². The standard InChI is InChI=1S/C24H28ClF3N4.ClH/c25-17-3-1-2-16(12-17)23(14-29)9-6-18(7-10-23)32-11-8-19-20(13-32)30-22(24(26,27)28)31-21(19)15-4-5-15;/h1-3,12,15,18H,4-11,13-14,29H2;1H. The van der Waals surface area contributed by atoms with Gasteiger partial charge in [-0.1, -0.05) is 23.7 Å². The normalized spacial score (nSPS) is 25.9. The molecular formula is C24H29Cl2F3N4. The summed E-state index contributed by atoms with van der Waals surface area (Å²) in [6.07, 6.45) is 1.90. The van der Waals surface area contributed by atoms with Crippen LogP contribution in [0.25, 0.3) is 0 Å². The van der Waals surface area contributed by atoms with Gasteiger partial charge < -0.3 is 5.73 Å². The molecule has 0 unspecified atom stereocenters. The number of nitrogens with zero attached hydrogens (tertiary/aromatic N) is 3. The van der Waals surface area contributed by atoms with Crippen molar-refractivity contribution in [1.82, 2.24) is 14.9 Å². The summed E-state index contributed by atoms with van der Waals surface area (Å²) in [5.74, 6) is -0.802. The molecule has 33 heavy (non-hydrogen) atoms. The van der Waals surface area contributed by atoms with Gasteiger partial charge in [-0.25, -0.2) is 9.97 Å². The van der Waals surface area contributed by atoms with Crippen LogP contribution in [0.5, 0.6) is 0 Å². The summed E-state index contributed by atoms with van der Waals surface area (Å²) in [6.45, 7) is 1.88. The predicted molar refractivity (Wildman–Crippen MR) is 125 cm³/mol. The highest BCUT2D eigenvalue weighted by molar-refractivity contribution is 6.30. The van der Waals surface area contributed by atoms with Crippen LogP contribution in [0.15, 0.2) is 24.3 Å². The Bertz CT molecular complexity index is 1000. The molecule has 2 aromatic rings. The van der Waals surface area contributed by atoms with E-state index in [0.29, 0.717) is 30.5 Å². The second-order valence-corrected chi connectivity index (χ2v) is 10.0. The lowest BCUT2D eigenvalue weighted by atomic mass is 9.68. The SMILES string of the molecule is Cl.NCC1(c2cccc(Cl)c2)CCC(N2CCc3c(nc(C(F)(F)F)nc3C3CC3)C2)CC1. The molecule has 2 aliphatic carbocycles. The van der Waals surface area contributed by atoms with Gasteiger partial charge in [0.25, 0.3) is 0 Å². The Morgan fingerprint density at radius 2 is 1.85 bits per heavy atom. The van der Waals surface area contributed by atoms with Crippen molar-refractivity contribution in [1.29, 1.82) is 0 Å². The Labute approximate surface area is 203 Å². The topological polar surface area (TPSA) is 55.0 Å². The molecule has 5 rings (SSSR count). The Morgan fingerprint density at radius 1 is 1.12 bits per heavy atom. The maximum Gasteiger partial charge on any atom is 0.451 e. The number of rotatable bonds is 4. The number of hydrogen-bond acceptors (Lipinski definition) is 4. The van der Waals surface area contributed by atoms with E-state index in [1.807, 2.05) is 18.2 Å². The van der Waals surface area contributed by atoms with Crippen molar-refractivity contribution in [2.45, 2.75) is 75.0 Å². The van der Waals surface area contributed by atoms with Crippen LogP contribution in [0.1, 0.15) is 72.8 Å². The minimum atomic E-state index is -4.51. The molecule has 3 aliphatic rings. The first-order valence-electron chi connectivity index (χ1n) is 11.5. The van der Waals surface area contributed by atoms with E-state index < -0.39 is 12.0 Å². The molecule has 0 amide bonds. The van der Waals surface area contributed by atoms with Crippen LogP contribution in [0, 0.1) is 0 Å². The van der Waals surface area contributed by atoms with Gasteiger partial charge in [0.05, 0.1) is 11.4 Å². The lowest BCUT2D eigenvalue weighted by Crippen LogP contribution is -2.47. The van der Waals surface area contributed by atoms with Gasteiger partial charge in [-0.3, -0.25) is 4.90 Å². The summed E-state index contributed by atoms with van der Waals surface area (Å²) in [7, 11) is 0. The first-order valence-corrected chi connectivity index (χ1v) is 11.8. The number of nitrogens with two attached hydrogens (primary N) is 1. The van der Waals surface area contributed by atoms with Crippen LogP contribution in [-0.4, -0.2) is 34.0 Å². The van der Waals surface area contributed by atoms with E-state index in [1.165, 1.54) is 5.56 Å². The maximum absolute atomic E-state index is 13.4. The molecule has 0 radical (unpaired) electrons. The average molecular weight is 501 g/mol. The zero-order valence-electron chi connectivity index (χ0n) is 18.4. The first kappa shape index (κ1) is 24.7. The summed E-state index contributed by atoms with van der Waals surface area (Å²) in [5.41, 5.74) is 9.52. The molecule has 1 aromatic carbocycles. The van der Waals surface area contributed by atoms with Crippen LogP contribution < -0.4 is 5.73 Å². The van der Waals surface area contributed by atoms with E-state index in [1.54, 1.807) is 0 Å². The van der Waals surface area contributed by atoms with Gasteiger partial charge in [-0.05, 0) is 68.2 Å². The Kier molecular flexibility index (Phi) is 6.98. The minimum Gasteiger partial charge on any atom is -0.330 e. The third-order valence-corrected chi connectivity index (χ3v) is 7.84. The number of aromatic nitrogens is 2. The van der Waals surface area contributed by atoms with Gasteiger partial charge in [0.15, 0.2) is 0 Å². The summed E-state index contributed by atoms with van der Waals surface area (Å²) in [5, 5.41) is 0.719. The van der Waals surface area contributed by atoms with E-state index in [2.05, 4.69) is 20.9 Å². The molecule has 0 atom stereocenters. The maximum atomic E-state index is 13.4. The minimum absolute atomic E-state index is 0. The van der Waals surface area contributed by atoms with Crippen LogP contribution in [0.3, 0.4) is 0 Å². The lowest BCUT2D eigenvalue weighted by Gasteiger charge is -2.44. The highest BCUT2D eigenvalue weighted by Gasteiger charge is 2.42. The monoisotopic (exact) mass is 500 g/mol. The van der Waals surface area contributed by atoms with Gasteiger partial charge >= 0.3 is 6.18 Å². The van der Waals surface area contributed by atoms with Crippen molar-refractivity contribution < 1.29 is 13.2 Å². The van der Waals surface area contributed by atoms with Crippen molar-refractivity contribution in [3.63, 3.8) is 0 Å². The number of halogens is 5. The van der Waals surface area contributed by atoms with Crippen molar-refractivity contribution in [3.05, 3.63) is 57.6 Å². The molecule has 4 nitrogen and oxygen atoms in total. The predicted octanol–water partition coefficient (Wildman–Crippen LogP) is 5.65. The molecule has 2 saturated carbocycles. The van der Waals surface area contributed by atoms with Gasteiger partial charge in [0, 0.05) is 42.0 Å². The molecule has 9 heteroatoms. The van der Waals surface area contributed by atoms with Gasteiger partial charge in [0.1, 0.15) is 0 Å². The highest BCUT2D eigenvalue weighted by atomic mass is 35.5. The number of fused-ring (bicyclic) bond motifs is 1. The van der Waals surface area contributed by atoms with E-state index in [9.17, 15) is 13.2 Å². The molecule has 0 bridgehead atoms. The zero-order valence-corrected chi connectivity index (χ0v) is 19.9. The van der Waals surface area contributed by atoms with Crippen LogP contribution in [0.2, 0.25) is 5.02 Å². The van der Waals surface area contributed by atoms with Gasteiger partial charge in [-0.15, -0.1) is 12.4 Å². The summed E-state index contributed by atoms with van der Waals surface area (Å²) >= 11 is 6.22. The molecule has 1 aromatic heterocycles. The third-order valence-electron chi connectivity index (χ3n) is 7.60. The zero-order chi connectivity index (χ0) is 22.5. The van der Waals surface area contributed by atoms with E-state index in [4.69, 9.17) is 17.3 Å². The fourth-order valence-electron chi connectivity index (χ4n) is 5.56. The number of hydrogen-bond donors (Lipinski definition) is 1. The van der Waals surface area contributed by atoms with Gasteiger partial charge in [-0.2, -0.15) is 13.2 Å². The summed E-state index contributed by atoms with van der Waals surface area (Å²) in [6, 6.07) is 8.29. The fraction of sp³-hybridized carbons (Fsp3) is 0.583. The second-order valence-electron chi connectivity index (χ2n) is 9.58. The van der Waals surface area contributed by atoms with Gasteiger partial charge in [0.2, 0.25) is 5.82 Å². The molecule has 2 fully saturated rings. The smallest absolute Gasteiger partial charge is 0.330 e. The van der Waals surface area contributed by atoms with Crippen molar-refractivity contribution in [2.24, 2.45) is 5.73 Å². The van der Waals surface area contributed by atoms with Crippen LogP contribution >= 0.6 is 24.0 Å². The fourth-order valence-corrected chi connectivity index (χ4v) is 5.75. The highest BCUT2D eigenvalue weighted by Crippen LogP contribution is 2.45. The van der Waals surface area contributed by atoms with E-state index in [0.717, 1.165) is 62.1 Å². The molecule has 2 heterocycles. The number of benzene rings is 1. The Balaban J connectivity index is 0.00000259. The molecule has 180 valence electrons. The number of alkyl halides is 3. The Hall–Kier alpha value is -1.41.